The highest BCUT2D eigenvalue weighted by Gasteiger charge is 2.46. The van der Waals surface area contributed by atoms with Crippen LogP contribution in [0.15, 0.2) is 0 Å². The van der Waals surface area contributed by atoms with Gasteiger partial charge in [-0.15, -0.1) is 0 Å². The third-order valence-electron chi connectivity index (χ3n) is 8.48. The van der Waals surface area contributed by atoms with Gasteiger partial charge in [0.1, 0.15) is 0 Å². The molecule has 3 aliphatic rings. The van der Waals surface area contributed by atoms with E-state index in [0.717, 1.165) is 32.1 Å². The quantitative estimate of drug-likeness (QED) is 0.604. The van der Waals surface area contributed by atoms with Gasteiger partial charge in [-0.3, -0.25) is 0 Å². The SMILES string of the molecule is CC1CC(C(C2CC(C)C(O)C(C)C2)C2CCC(O)C(O)C2)CC(C)C1O. The van der Waals surface area contributed by atoms with Crippen molar-refractivity contribution < 1.29 is 20.4 Å². The lowest BCUT2D eigenvalue weighted by Crippen LogP contribution is -2.47. The van der Waals surface area contributed by atoms with Gasteiger partial charge in [0.05, 0.1) is 24.4 Å². The van der Waals surface area contributed by atoms with Crippen molar-refractivity contribution in [2.24, 2.45) is 47.3 Å². The van der Waals surface area contributed by atoms with Crippen LogP contribution >= 0.6 is 0 Å². The van der Waals surface area contributed by atoms with Crippen molar-refractivity contribution >= 4 is 0 Å². The Morgan fingerprint density at radius 2 is 0.926 bits per heavy atom. The first kappa shape index (κ1) is 21.5. The maximum atomic E-state index is 10.5. The summed E-state index contributed by atoms with van der Waals surface area (Å²) in [6.07, 6.45) is 5.07. The Bertz CT molecular complexity index is 429. The molecule has 0 aromatic heterocycles. The van der Waals surface area contributed by atoms with Crippen LogP contribution < -0.4 is 0 Å². The summed E-state index contributed by atoms with van der Waals surface area (Å²) in [5.41, 5.74) is 0. The Morgan fingerprint density at radius 1 is 0.519 bits per heavy atom. The number of hydrogen-bond acceptors (Lipinski definition) is 4. The van der Waals surface area contributed by atoms with Crippen molar-refractivity contribution in [2.75, 3.05) is 0 Å². The lowest BCUT2D eigenvalue weighted by atomic mass is 9.57. The Kier molecular flexibility index (Phi) is 6.93. The predicted octanol–water partition coefficient (Wildman–Crippen LogP) is 3.21. The lowest BCUT2D eigenvalue weighted by molar-refractivity contribution is -0.0826. The normalized spacial score (nSPS) is 53.1. The van der Waals surface area contributed by atoms with Gasteiger partial charge in [0.2, 0.25) is 0 Å². The summed E-state index contributed by atoms with van der Waals surface area (Å²) in [4.78, 5) is 0. The number of hydrogen-bond donors (Lipinski definition) is 4. The molecule has 3 fully saturated rings. The molecule has 3 rings (SSSR count). The van der Waals surface area contributed by atoms with Gasteiger partial charge in [-0.1, -0.05) is 27.7 Å². The summed E-state index contributed by atoms with van der Waals surface area (Å²) >= 11 is 0. The largest absolute Gasteiger partial charge is 0.393 e. The van der Waals surface area contributed by atoms with E-state index in [1.165, 1.54) is 0 Å². The van der Waals surface area contributed by atoms with Crippen molar-refractivity contribution in [3.05, 3.63) is 0 Å². The van der Waals surface area contributed by atoms with Gasteiger partial charge in [-0.25, -0.2) is 0 Å². The fourth-order valence-electron chi connectivity index (χ4n) is 7.08. The van der Waals surface area contributed by atoms with Crippen LogP contribution in [0.1, 0.15) is 72.6 Å². The first-order chi connectivity index (χ1) is 12.7. The second-order valence-corrected chi connectivity index (χ2v) is 10.6. The molecule has 4 nitrogen and oxygen atoms in total. The van der Waals surface area contributed by atoms with Crippen LogP contribution in [0.3, 0.4) is 0 Å². The molecular formula is C23H42O4. The highest BCUT2D eigenvalue weighted by atomic mass is 16.3. The molecule has 7 atom stereocenters. The van der Waals surface area contributed by atoms with Gasteiger partial charge in [-0.2, -0.15) is 0 Å². The maximum Gasteiger partial charge on any atom is 0.0801 e. The van der Waals surface area contributed by atoms with E-state index >= 15 is 0 Å². The zero-order valence-corrected chi connectivity index (χ0v) is 17.7. The number of aliphatic hydroxyl groups is 4. The van der Waals surface area contributed by atoms with E-state index in [1.807, 2.05) is 0 Å². The molecule has 0 aliphatic heterocycles. The molecule has 3 saturated carbocycles. The van der Waals surface area contributed by atoms with E-state index in [4.69, 9.17) is 0 Å². The molecule has 3 aliphatic carbocycles. The highest BCUT2D eigenvalue weighted by molar-refractivity contribution is 4.96. The molecule has 4 N–H and O–H groups in total. The molecule has 0 heterocycles. The maximum absolute atomic E-state index is 10.5. The van der Waals surface area contributed by atoms with Gasteiger partial charge < -0.3 is 20.4 Å². The average Bonchev–Trinajstić information content (AvgIpc) is 2.60. The summed E-state index contributed by atoms with van der Waals surface area (Å²) in [6, 6.07) is 0. The molecule has 7 unspecified atom stereocenters. The van der Waals surface area contributed by atoms with Crippen molar-refractivity contribution in [1.29, 1.82) is 0 Å². The van der Waals surface area contributed by atoms with Crippen molar-refractivity contribution in [2.45, 2.75) is 97.1 Å². The Balaban J connectivity index is 1.83. The molecule has 0 aromatic carbocycles. The van der Waals surface area contributed by atoms with Gasteiger partial charge in [-0.05, 0) is 92.3 Å². The molecule has 0 aromatic rings. The van der Waals surface area contributed by atoms with Crippen LogP contribution in [0.2, 0.25) is 0 Å². The van der Waals surface area contributed by atoms with Crippen LogP contribution in [0.25, 0.3) is 0 Å². The van der Waals surface area contributed by atoms with E-state index in [9.17, 15) is 20.4 Å². The molecule has 0 bridgehead atoms. The topological polar surface area (TPSA) is 80.9 Å². The van der Waals surface area contributed by atoms with E-state index in [0.29, 0.717) is 60.2 Å². The summed E-state index contributed by atoms with van der Waals surface area (Å²) in [6.45, 7) is 8.72. The number of aliphatic hydroxyl groups excluding tert-OH is 4. The summed E-state index contributed by atoms with van der Waals surface area (Å²) in [7, 11) is 0. The Labute approximate surface area is 165 Å². The van der Waals surface area contributed by atoms with Crippen molar-refractivity contribution in [3.63, 3.8) is 0 Å². The summed E-state index contributed by atoms with van der Waals surface area (Å²) in [5.74, 6) is 3.42. The standard InChI is InChI=1S/C23H42O4/c1-12-7-17(8-13(2)22(12)26)21(16-5-6-19(24)20(25)11-16)18-9-14(3)23(27)15(4)10-18/h12-27H,5-11H2,1-4H3. The Hall–Kier alpha value is -0.160. The average molecular weight is 383 g/mol. The first-order valence-electron chi connectivity index (χ1n) is 11.4. The fourth-order valence-corrected chi connectivity index (χ4v) is 7.08. The fraction of sp³-hybridized carbons (Fsp3) is 1.00. The minimum absolute atomic E-state index is 0.202. The van der Waals surface area contributed by atoms with E-state index in [2.05, 4.69) is 27.7 Å². The lowest BCUT2D eigenvalue weighted by Gasteiger charge is -2.50. The smallest absolute Gasteiger partial charge is 0.0801 e. The third kappa shape index (κ3) is 4.55. The molecular weight excluding hydrogens is 340 g/mol. The summed E-state index contributed by atoms with van der Waals surface area (Å²) in [5, 5.41) is 41.3. The first-order valence-corrected chi connectivity index (χ1v) is 11.4. The zero-order valence-electron chi connectivity index (χ0n) is 17.7. The van der Waals surface area contributed by atoms with Crippen LogP contribution in [0.4, 0.5) is 0 Å². The Morgan fingerprint density at radius 3 is 1.30 bits per heavy atom. The monoisotopic (exact) mass is 382 g/mol. The van der Waals surface area contributed by atoms with Crippen molar-refractivity contribution in [1.82, 2.24) is 0 Å². The van der Waals surface area contributed by atoms with Gasteiger partial charge in [0.25, 0.3) is 0 Å². The van der Waals surface area contributed by atoms with Crippen molar-refractivity contribution in [3.8, 4) is 0 Å². The van der Waals surface area contributed by atoms with E-state index in [1.54, 1.807) is 0 Å². The minimum Gasteiger partial charge on any atom is -0.393 e. The molecule has 0 spiro atoms. The third-order valence-corrected chi connectivity index (χ3v) is 8.48. The highest BCUT2D eigenvalue weighted by Crippen LogP contribution is 2.51. The van der Waals surface area contributed by atoms with E-state index < -0.39 is 12.2 Å². The van der Waals surface area contributed by atoms with Crippen LogP contribution in [0, 0.1) is 47.3 Å². The second-order valence-electron chi connectivity index (χ2n) is 10.6. The van der Waals surface area contributed by atoms with Gasteiger partial charge in [0, 0.05) is 0 Å². The second kappa shape index (κ2) is 8.69. The van der Waals surface area contributed by atoms with Crippen LogP contribution in [-0.4, -0.2) is 44.8 Å². The number of rotatable bonds is 3. The van der Waals surface area contributed by atoms with Gasteiger partial charge >= 0.3 is 0 Å². The molecule has 27 heavy (non-hydrogen) atoms. The minimum atomic E-state index is -0.598. The molecule has 0 radical (unpaired) electrons. The van der Waals surface area contributed by atoms with Gasteiger partial charge in [0.15, 0.2) is 0 Å². The summed E-state index contributed by atoms with van der Waals surface area (Å²) < 4.78 is 0. The molecule has 0 saturated heterocycles. The predicted molar refractivity (Wildman–Crippen MR) is 107 cm³/mol. The van der Waals surface area contributed by atoms with Crippen LogP contribution in [0.5, 0.6) is 0 Å². The molecule has 158 valence electrons. The molecule has 4 heteroatoms. The molecule has 0 amide bonds. The van der Waals surface area contributed by atoms with Crippen LogP contribution in [-0.2, 0) is 0 Å². The zero-order chi connectivity index (χ0) is 19.9. The van der Waals surface area contributed by atoms with E-state index in [-0.39, 0.29) is 12.2 Å².